The second-order valence-corrected chi connectivity index (χ2v) is 8.78. The molecule has 1 aliphatic rings. The van der Waals surface area contributed by atoms with Gasteiger partial charge in [-0.15, -0.1) is 0 Å². The number of hydrogen-bond donors (Lipinski definition) is 0. The minimum absolute atomic E-state index is 2.93. The number of hydrogen-bond acceptors (Lipinski definition) is 4. The van der Waals surface area contributed by atoms with Gasteiger partial charge in [-0.1, -0.05) is 0 Å². The molecule has 41 heavy (non-hydrogen) atoms. The van der Waals surface area contributed by atoms with Crippen molar-refractivity contribution in [3.05, 3.63) is 69.8 Å². The van der Waals surface area contributed by atoms with Crippen LogP contribution >= 0.6 is 7.82 Å². The average Bonchev–Trinajstić information content (AvgIpc) is 2.91. The van der Waals surface area contributed by atoms with E-state index in [-0.39, 0.29) is 0 Å². The van der Waals surface area contributed by atoms with Crippen molar-refractivity contribution in [3.63, 3.8) is 0 Å². The number of rotatable bonds is 6. The fourth-order valence-corrected chi connectivity index (χ4v) is 4.18. The molecule has 0 aliphatic heterocycles. The monoisotopic (exact) mass is 654 g/mol. The van der Waals surface area contributed by atoms with Gasteiger partial charge in [-0.25, -0.2) is 48.6 Å². The normalized spacial score (nSPS) is 22.2. The summed E-state index contributed by atoms with van der Waals surface area (Å²) in [5, 5.41) is 0. The first-order chi connectivity index (χ1) is 18.5. The summed E-state index contributed by atoms with van der Waals surface area (Å²) >= 11 is 0. The Kier molecular flexibility index (Phi) is 7.79. The van der Waals surface area contributed by atoms with Crippen LogP contribution in [0.1, 0.15) is 0 Å². The van der Waals surface area contributed by atoms with Crippen LogP contribution in [-0.2, 0) is 9.09 Å². The standard InChI is InChI=1S/C18HF18O4P/c19-1-3(21)7(25)12(8(26)4(1)22)38-41(37,39-13-9(27)5(23)2(20)6(24)10(13)28)40-17(34)15(31)11(29)14(30)16(32,33)18(17,35)36/h14H. The lowest BCUT2D eigenvalue weighted by Gasteiger charge is -2.41. The van der Waals surface area contributed by atoms with Gasteiger partial charge < -0.3 is 9.05 Å². The zero-order valence-electron chi connectivity index (χ0n) is 18.0. The van der Waals surface area contributed by atoms with Gasteiger partial charge >= 0.3 is 25.5 Å². The predicted octanol–water partition coefficient (Wildman–Crippen LogP) is 8.10. The van der Waals surface area contributed by atoms with Gasteiger partial charge in [-0.3, -0.25) is 0 Å². The predicted molar refractivity (Wildman–Crippen MR) is 90.3 cm³/mol. The van der Waals surface area contributed by atoms with Crippen molar-refractivity contribution in [2.45, 2.75) is 23.9 Å². The van der Waals surface area contributed by atoms with Gasteiger partial charge in [0.2, 0.25) is 81.7 Å². The van der Waals surface area contributed by atoms with Crippen molar-refractivity contribution in [1.82, 2.24) is 0 Å². The number of allylic oxidation sites excluding steroid dienone is 1. The Morgan fingerprint density at radius 2 is 0.829 bits per heavy atom. The first-order valence-corrected chi connectivity index (χ1v) is 10.8. The molecule has 0 fully saturated rings. The second-order valence-electron chi connectivity index (χ2n) is 7.34. The summed E-state index contributed by atoms with van der Waals surface area (Å²) < 4.78 is 271. The van der Waals surface area contributed by atoms with Gasteiger partial charge in [0.15, 0.2) is 5.83 Å². The third-order valence-electron chi connectivity index (χ3n) is 4.84. The maximum Gasteiger partial charge on any atom is 0.591 e. The number of halogens is 18. The van der Waals surface area contributed by atoms with Crippen molar-refractivity contribution in [2.24, 2.45) is 0 Å². The molecule has 0 saturated carbocycles. The van der Waals surface area contributed by atoms with Crippen molar-refractivity contribution in [2.75, 3.05) is 0 Å². The molecule has 0 amide bonds. The SMILES string of the molecule is O=P(Oc1c(F)c(F)c(F)c(F)c1F)(Oc1c(F)c(F)c(F)c(F)c1F)OC1(F)C(F)=C(F)C(F)C(F)(F)C1(F)F. The fourth-order valence-electron chi connectivity index (χ4n) is 2.80. The van der Waals surface area contributed by atoms with E-state index in [1.807, 2.05) is 0 Å². The first-order valence-electron chi connectivity index (χ1n) is 9.35. The summed E-state index contributed by atoms with van der Waals surface area (Å²) in [6.07, 6.45) is -5.06. The van der Waals surface area contributed by atoms with Gasteiger partial charge in [-0.05, 0) is 0 Å². The maximum absolute atomic E-state index is 15.0. The smallest absolute Gasteiger partial charge is 0.388 e. The van der Waals surface area contributed by atoms with Crippen LogP contribution in [0.3, 0.4) is 0 Å². The molecule has 0 radical (unpaired) electrons. The Morgan fingerprint density at radius 1 is 0.537 bits per heavy atom. The molecule has 0 heterocycles. The Morgan fingerprint density at radius 3 is 1.15 bits per heavy atom. The Hall–Kier alpha value is -3.29. The summed E-state index contributed by atoms with van der Waals surface area (Å²) in [5.74, 6) is -67.1. The van der Waals surface area contributed by atoms with Crippen LogP contribution in [0.5, 0.6) is 11.5 Å². The molecule has 3 rings (SSSR count). The van der Waals surface area contributed by atoms with Crippen LogP contribution in [0.15, 0.2) is 11.7 Å². The van der Waals surface area contributed by atoms with Crippen LogP contribution in [0.4, 0.5) is 79.0 Å². The summed E-state index contributed by atoms with van der Waals surface area (Å²) in [6, 6.07) is 0. The first kappa shape index (κ1) is 32.2. The van der Waals surface area contributed by atoms with E-state index >= 15 is 0 Å². The minimum atomic E-state index is -7.86. The fraction of sp³-hybridized carbons (Fsp3) is 0.222. The van der Waals surface area contributed by atoms with Crippen LogP contribution in [0.25, 0.3) is 0 Å². The van der Waals surface area contributed by atoms with E-state index in [1.165, 1.54) is 0 Å². The zero-order chi connectivity index (χ0) is 31.8. The van der Waals surface area contributed by atoms with E-state index in [9.17, 15) is 83.6 Å². The second kappa shape index (κ2) is 9.92. The van der Waals surface area contributed by atoms with Crippen LogP contribution in [-0.4, -0.2) is 23.9 Å². The van der Waals surface area contributed by atoms with E-state index in [1.54, 1.807) is 0 Å². The molecule has 0 saturated heterocycles. The van der Waals surface area contributed by atoms with Gasteiger partial charge in [-0.2, -0.15) is 39.5 Å². The molecule has 0 aromatic heterocycles. The van der Waals surface area contributed by atoms with Crippen molar-refractivity contribution in [3.8, 4) is 11.5 Å². The molecule has 0 bridgehead atoms. The lowest BCUT2D eigenvalue weighted by Crippen LogP contribution is -2.64. The molecular formula is C18HF18O4P. The van der Waals surface area contributed by atoms with Gasteiger partial charge in [0.25, 0.3) is 0 Å². The highest BCUT2D eigenvalue weighted by molar-refractivity contribution is 7.49. The number of phosphoric ester groups is 1. The van der Waals surface area contributed by atoms with Crippen molar-refractivity contribution in [1.29, 1.82) is 0 Å². The lowest BCUT2D eigenvalue weighted by molar-refractivity contribution is -0.339. The zero-order valence-corrected chi connectivity index (χ0v) is 18.9. The van der Waals surface area contributed by atoms with Gasteiger partial charge in [0, 0.05) is 0 Å². The highest BCUT2D eigenvalue weighted by Gasteiger charge is 2.82. The lowest BCUT2D eigenvalue weighted by atomic mass is 9.91. The summed E-state index contributed by atoms with van der Waals surface area (Å²) in [6.45, 7) is 0. The summed E-state index contributed by atoms with van der Waals surface area (Å²) in [4.78, 5) is 0. The third kappa shape index (κ3) is 4.54. The largest absolute Gasteiger partial charge is 0.591 e. The molecule has 2 aromatic rings. The Bertz CT molecular complexity index is 1390. The molecule has 0 N–H and O–H groups in total. The number of benzene rings is 2. The molecule has 0 spiro atoms. The minimum Gasteiger partial charge on any atom is -0.388 e. The number of alkyl halides is 6. The van der Waals surface area contributed by atoms with Crippen LogP contribution in [0.2, 0.25) is 0 Å². The maximum atomic E-state index is 15.0. The summed E-state index contributed by atoms with van der Waals surface area (Å²) in [7, 11) is -7.86. The topological polar surface area (TPSA) is 44.8 Å². The van der Waals surface area contributed by atoms with E-state index in [2.05, 4.69) is 13.6 Å². The molecule has 2 atom stereocenters. The van der Waals surface area contributed by atoms with E-state index < -0.39 is 113 Å². The highest BCUT2D eigenvalue weighted by atomic mass is 31.2. The van der Waals surface area contributed by atoms with Gasteiger partial charge in [0.05, 0.1) is 0 Å². The van der Waals surface area contributed by atoms with E-state index in [0.717, 1.165) is 0 Å². The van der Waals surface area contributed by atoms with Crippen molar-refractivity contribution >= 4 is 7.82 Å². The molecular weight excluding hydrogens is 653 g/mol. The molecule has 1 aliphatic carbocycles. The summed E-state index contributed by atoms with van der Waals surface area (Å²) in [5.41, 5.74) is 0. The van der Waals surface area contributed by atoms with Gasteiger partial charge in [0.1, 0.15) is 0 Å². The van der Waals surface area contributed by atoms with E-state index in [0.29, 0.717) is 0 Å². The molecule has 23 heteroatoms. The van der Waals surface area contributed by atoms with Crippen molar-refractivity contribution < 1.29 is 97.2 Å². The quantitative estimate of drug-likeness (QED) is 0.137. The molecule has 4 nitrogen and oxygen atoms in total. The Balaban J connectivity index is 2.36. The molecule has 2 unspecified atom stereocenters. The average molecular weight is 654 g/mol. The highest BCUT2D eigenvalue weighted by Crippen LogP contribution is 2.64. The Labute approximate surface area is 211 Å². The van der Waals surface area contributed by atoms with E-state index in [4.69, 9.17) is 0 Å². The third-order valence-corrected chi connectivity index (χ3v) is 6.13. The van der Waals surface area contributed by atoms with Crippen LogP contribution in [0, 0.1) is 58.2 Å². The van der Waals surface area contributed by atoms with Crippen LogP contribution < -0.4 is 9.05 Å². The molecule has 2 aromatic carbocycles. The number of phosphoric acid groups is 1. The molecule has 228 valence electrons.